The number of aryl methyl sites for hydroxylation is 1. The summed E-state index contributed by atoms with van der Waals surface area (Å²) in [6.45, 7) is 11.3. The molecule has 254 valence electrons. The number of carbonyl (C=O) groups is 7. The minimum absolute atomic E-state index is 0.0309. The topological polar surface area (TPSA) is 183 Å². The van der Waals surface area contributed by atoms with Crippen molar-refractivity contribution in [3.63, 3.8) is 0 Å². The highest BCUT2D eigenvalue weighted by Gasteiger charge is 2.36. The van der Waals surface area contributed by atoms with Gasteiger partial charge in [0, 0.05) is 32.0 Å². The normalized spacial score (nSPS) is 12.9. The van der Waals surface area contributed by atoms with Crippen LogP contribution in [0.1, 0.15) is 78.2 Å². The maximum Gasteiger partial charge on any atom is 0.239 e. The predicted molar refractivity (Wildman–Crippen MR) is 174 cm³/mol. The van der Waals surface area contributed by atoms with E-state index in [2.05, 4.69) is 52.6 Å². The van der Waals surface area contributed by atoms with Crippen LogP contribution >= 0.6 is 0 Å². The number of likely N-dealkylation sites (tertiary alicyclic amines) is 1. The Balaban J connectivity index is 0. The number of hydrogen-bond acceptors (Lipinski definition) is 7. The fourth-order valence-electron chi connectivity index (χ4n) is 3.62. The van der Waals surface area contributed by atoms with Crippen LogP contribution in [0.3, 0.4) is 0 Å². The summed E-state index contributed by atoms with van der Waals surface area (Å²) in [6, 6.07) is 10.3. The van der Waals surface area contributed by atoms with Gasteiger partial charge >= 0.3 is 0 Å². The lowest BCUT2D eigenvalue weighted by molar-refractivity contribution is -0.139. The molecule has 1 aromatic carbocycles. The second-order valence-corrected chi connectivity index (χ2v) is 9.99. The van der Waals surface area contributed by atoms with E-state index in [-0.39, 0.29) is 43.3 Å². The van der Waals surface area contributed by atoms with Crippen LogP contribution in [0.2, 0.25) is 0 Å². The van der Waals surface area contributed by atoms with E-state index in [1.165, 1.54) is 23.3 Å². The van der Waals surface area contributed by atoms with E-state index < -0.39 is 11.8 Å². The van der Waals surface area contributed by atoms with Gasteiger partial charge in [-0.25, -0.2) is 0 Å². The van der Waals surface area contributed by atoms with Crippen LogP contribution in [0.15, 0.2) is 30.3 Å². The Hall–Kier alpha value is -4.29. The molecule has 1 aliphatic rings. The summed E-state index contributed by atoms with van der Waals surface area (Å²) in [5, 5.41) is 11.8. The third kappa shape index (κ3) is 24.8. The molecule has 1 fully saturated rings. The van der Waals surface area contributed by atoms with Gasteiger partial charge < -0.3 is 26.6 Å². The number of imide groups is 1. The lowest BCUT2D eigenvalue weighted by Crippen LogP contribution is -2.43. The van der Waals surface area contributed by atoms with Crippen molar-refractivity contribution in [2.75, 3.05) is 39.3 Å². The van der Waals surface area contributed by atoms with Crippen LogP contribution in [-0.4, -0.2) is 86.5 Å². The zero-order chi connectivity index (χ0) is 34.3. The van der Waals surface area contributed by atoms with Crippen molar-refractivity contribution < 1.29 is 33.6 Å². The summed E-state index contributed by atoms with van der Waals surface area (Å²) in [6.07, 6.45) is 7.77. The van der Waals surface area contributed by atoms with Gasteiger partial charge in [0.1, 0.15) is 0 Å². The molecule has 1 aromatic rings. The first-order valence-electron chi connectivity index (χ1n) is 15.6. The molecule has 2 rings (SSSR count). The average Bonchev–Trinajstić information content (AvgIpc) is 3.32. The number of hydrogen-bond donors (Lipinski definition) is 5. The number of nitrogens with zero attached hydrogens (tertiary/aromatic N) is 1. The molecule has 0 aromatic heterocycles. The zero-order valence-electron chi connectivity index (χ0n) is 27.6. The first kappa shape index (κ1) is 42.8. The molecule has 5 N–H and O–H groups in total. The molecule has 45 heavy (non-hydrogen) atoms. The Labute approximate surface area is 268 Å². The number of unbranched alkanes of at least 4 members (excludes halogenated alkanes) is 3. The maximum absolute atomic E-state index is 11.7. The van der Waals surface area contributed by atoms with Crippen LogP contribution in [0.25, 0.3) is 0 Å². The van der Waals surface area contributed by atoms with Crippen molar-refractivity contribution in [3.8, 4) is 0 Å². The Morgan fingerprint density at radius 2 is 1.36 bits per heavy atom. The van der Waals surface area contributed by atoms with Crippen LogP contribution in [-0.2, 0) is 33.6 Å². The molecule has 1 aliphatic heterocycles. The number of rotatable bonds is 17. The average molecular weight is 635 g/mol. The van der Waals surface area contributed by atoms with Crippen LogP contribution < -0.4 is 26.6 Å². The van der Waals surface area contributed by atoms with Crippen molar-refractivity contribution >= 4 is 42.4 Å². The fourth-order valence-corrected chi connectivity index (χ4v) is 3.62. The molecule has 0 saturated carbocycles. The summed E-state index contributed by atoms with van der Waals surface area (Å²) in [4.78, 5) is 77.1. The molecule has 13 heteroatoms. The number of nitrogens with one attached hydrogen (secondary N) is 5. The maximum atomic E-state index is 11.7. The second kappa shape index (κ2) is 29.8. The number of carbonyl (C=O) groups excluding carboxylic acids is 7. The quantitative estimate of drug-likeness (QED) is 0.0979. The molecule has 0 radical (unpaired) electrons. The Morgan fingerprint density at radius 1 is 0.778 bits per heavy atom. The SMILES string of the molecule is CCCCCCN1C(=O)CC(CC)C1=O.CCCNC=O.CCNC(=O)CNC(=O)CNC(=O)CNC=O.Cc1ccccc1. The Morgan fingerprint density at radius 3 is 1.78 bits per heavy atom. The van der Waals surface area contributed by atoms with Crippen molar-refractivity contribution in [2.45, 2.75) is 79.6 Å². The highest BCUT2D eigenvalue weighted by atomic mass is 16.2. The smallest absolute Gasteiger partial charge is 0.239 e. The van der Waals surface area contributed by atoms with E-state index in [0.717, 1.165) is 32.2 Å². The molecule has 1 unspecified atom stereocenters. The second-order valence-electron chi connectivity index (χ2n) is 9.99. The van der Waals surface area contributed by atoms with E-state index in [1.807, 2.05) is 32.0 Å². The third-order valence-corrected chi connectivity index (χ3v) is 6.10. The van der Waals surface area contributed by atoms with Crippen LogP contribution in [0.4, 0.5) is 0 Å². The molecule has 0 spiro atoms. The summed E-state index contributed by atoms with van der Waals surface area (Å²) >= 11 is 0. The van der Waals surface area contributed by atoms with Gasteiger partial charge in [-0.05, 0) is 33.1 Å². The van der Waals surface area contributed by atoms with Crippen molar-refractivity contribution in [3.05, 3.63) is 35.9 Å². The standard InChI is InChI=1S/C12H21NO2.C9H16N4O4.C7H8.C4H9NO/c1-3-5-6-7-8-13-11(14)9-10(4-2)12(13)15;1-2-11-8(16)4-13-9(17)5-12-7(15)3-10-6-14;1-7-5-3-2-4-6-7;1-2-3-5-4-6/h10H,3-9H2,1-2H3;6H,2-5H2,1H3,(H,10,14)(H,11,16)(H,12,15)(H,13,17);2-6H,1H3;4H,2-3H2,1H3,(H,5,6). The van der Waals surface area contributed by atoms with E-state index in [9.17, 15) is 33.6 Å². The molecule has 0 bridgehead atoms. The van der Waals surface area contributed by atoms with Crippen LogP contribution in [0.5, 0.6) is 0 Å². The van der Waals surface area contributed by atoms with Gasteiger partial charge in [-0.1, -0.05) is 75.9 Å². The monoisotopic (exact) mass is 634 g/mol. The van der Waals surface area contributed by atoms with E-state index in [1.54, 1.807) is 6.92 Å². The largest absolute Gasteiger partial charge is 0.359 e. The summed E-state index contributed by atoms with van der Waals surface area (Å²) in [5.41, 5.74) is 1.32. The van der Waals surface area contributed by atoms with Crippen molar-refractivity contribution in [2.24, 2.45) is 5.92 Å². The van der Waals surface area contributed by atoms with Crippen molar-refractivity contribution in [1.82, 2.24) is 31.5 Å². The number of likely N-dealkylation sites (N-methyl/N-ethyl adjacent to an activating group) is 1. The lowest BCUT2D eigenvalue weighted by atomic mass is 10.1. The fraction of sp³-hybridized carbons (Fsp3) is 0.594. The minimum Gasteiger partial charge on any atom is -0.359 e. The highest BCUT2D eigenvalue weighted by Crippen LogP contribution is 2.22. The third-order valence-electron chi connectivity index (χ3n) is 6.10. The number of amides is 7. The summed E-state index contributed by atoms with van der Waals surface area (Å²) < 4.78 is 0. The molecule has 1 heterocycles. The van der Waals surface area contributed by atoms with Gasteiger partial charge in [-0.3, -0.25) is 38.5 Å². The van der Waals surface area contributed by atoms with Gasteiger partial charge in [0.2, 0.25) is 42.4 Å². The van der Waals surface area contributed by atoms with Gasteiger partial charge in [-0.2, -0.15) is 0 Å². The molecule has 13 nitrogen and oxygen atoms in total. The summed E-state index contributed by atoms with van der Waals surface area (Å²) in [7, 11) is 0. The highest BCUT2D eigenvalue weighted by molar-refractivity contribution is 6.03. The van der Waals surface area contributed by atoms with Crippen molar-refractivity contribution in [1.29, 1.82) is 0 Å². The molecule has 7 amide bonds. The van der Waals surface area contributed by atoms with Gasteiger partial charge in [-0.15, -0.1) is 0 Å². The Kier molecular flexibility index (Phi) is 28.3. The lowest BCUT2D eigenvalue weighted by Gasteiger charge is -2.14. The van der Waals surface area contributed by atoms with Gasteiger partial charge in [0.15, 0.2) is 0 Å². The van der Waals surface area contributed by atoms with E-state index >= 15 is 0 Å². The number of benzene rings is 1. The first-order valence-corrected chi connectivity index (χ1v) is 15.6. The van der Waals surface area contributed by atoms with E-state index in [0.29, 0.717) is 32.3 Å². The molecular formula is C32H54N6O7. The van der Waals surface area contributed by atoms with Crippen LogP contribution in [0, 0.1) is 12.8 Å². The molecule has 0 aliphatic carbocycles. The molecular weight excluding hydrogens is 580 g/mol. The minimum atomic E-state index is -0.481. The Bertz CT molecular complexity index is 991. The predicted octanol–water partition coefficient (Wildman–Crippen LogP) is 1.59. The van der Waals surface area contributed by atoms with E-state index in [4.69, 9.17) is 0 Å². The first-order chi connectivity index (χ1) is 21.6. The summed E-state index contributed by atoms with van der Waals surface area (Å²) in [5.74, 6) is -1.21. The molecule has 1 saturated heterocycles. The van der Waals surface area contributed by atoms with Gasteiger partial charge in [0.05, 0.1) is 19.6 Å². The zero-order valence-corrected chi connectivity index (χ0v) is 27.6. The molecule has 1 atom stereocenters. The van der Waals surface area contributed by atoms with Gasteiger partial charge in [0.25, 0.3) is 0 Å².